The number of hydrogen-bond acceptors (Lipinski definition) is 4. The number of fused-ring (bicyclic) bond motifs is 1. The minimum absolute atomic E-state index is 0.0646. The largest absolute Gasteiger partial charge is 0.475 e. The molecule has 136 valence electrons. The standard InChI is InChI=1S/C20H22N2O4/c1-11-5-7-13(8-6-11)18(23)22-21-14-9-20(3,4)10-15-16(14)12(2)17(26-15)19(24)25/h5-8H,9-10H2,1-4H3,(H,22,23)(H,24,25)/b21-14+. The van der Waals surface area contributed by atoms with Gasteiger partial charge >= 0.3 is 5.97 Å². The fraction of sp³-hybridized carbons (Fsp3) is 0.350. The SMILES string of the molecule is Cc1ccc(C(=O)N/N=C2\CC(C)(C)Cc3oc(C(=O)O)c(C)c32)cc1. The van der Waals surface area contributed by atoms with Crippen LogP contribution in [0, 0.1) is 19.3 Å². The van der Waals surface area contributed by atoms with Crippen LogP contribution in [0.2, 0.25) is 0 Å². The zero-order chi connectivity index (χ0) is 19.1. The van der Waals surface area contributed by atoms with Gasteiger partial charge in [-0.2, -0.15) is 5.10 Å². The van der Waals surface area contributed by atoms with Gasteiger partial charge in [0.1, 0.15) is 5.76 Å². The molecular formula is C20H22N2O4. The lowest BCUT2D eigenvalue weighted by Crippen LogP contribution is -2.29. The van der Waals surface area contributed by atoms with Crippen LogP contribution in [-0.4, -0.2) is 22.7 Å². The molecule has 1 aliphatic carbocycles. The molecule has 6 heteroatoms. The summed E-state index contributed by atoms with van der Waals surface area (Å²) < 4.78 is 5.58. The van der Waals surface area contributed by atoms with E-state index in [1.165, 1.54) is 0 Å². The molecule has 0 unspecified atom stereocenters. The third kappa shape index (κ3) is 3.40. The first kappa shape index (κ1) is 17.9. The predicted molar refractivity (Wildman–Crippen MR) is 97.7 cm³/mol. The van der Waals surface area contributed by atoms with E-state index in [0.717, 1.165) is 5.56 Å². The zero-order valence-corrected chi connectivity index (χ0v) is 15.3. The van der Waals surface area contributed by atoms with Gasteiger partial charge in [0.25, 0.3) is 5.91 Å². The van der Waals surface area contributed by atoms with Crippen LogP contribution in [0.4, 0.5) is 0 Å². The van der Waals surface area contributed by atoms with Crippen molar-refractivity contribution in [3.05, 3.63) is 58.0 Å². The molecule has 26 heavy (non-hydrogen) atoms. The Kier molecular flexibility index (Phi) is 4.44. The lowest BCUT2D eigenvalue weighted by atomic mass is 9.75. The topological polar surface area (TPSA) is 91.9 Å². The van der Waals surface area contributed by atoms with Crippen LogP contribution in [0.3, 0.4) is 0 Å². The average molecular weight is 354 g/mol. The number of nitrogens with zero attached hydrogens (tertiary/aromatic N) is 1. The highest BCUT2D eigenvalue weighted by atomic mass is 16.4. The number of carboxylic acid groups (broad SMARTS) is 1. The number of furan rings is 1. The molecule has 0 fully saturated rings. The van der Waals surface area contributed by atoms with Crippen LogP contribution in [0.1, 0.15) is 63.6 Å². The Morgan fingerprint density at radius 2 is 1.81 bits per heavy atom. The molecule has 1 aromatic carbocycles. The van der Waals surface area contributed by atoms with E-state index in [1.54, 1.807) is 19.1 Å². The summed E-state index contributed by atoms with van der Waals surface area (Å²) in [6, 6.07) is 7.21. The first-order valence-electron chi connectivity index (χ1n) is 8.47. The molecule has 0 radical (unpaired) electrons. The molecule has 1 aromatic heterocycles. The number of carboxylic acids is 1. The number of carbonyl (C=O) groups excluding carboxylic acids is 1. The quantitative estimate of drug-likeness (QED) is 0.822. The normalized spacial score (nSPS) is 17.0. The average Bonchev–Trinajstić information content (AvgIpc) is 2.88. The monoisotopic (exact) mass is 354 g/mol. The summed E-state index contributed by atoms with van der Waals surface area (Å²) in [6.45, 7) is 7.79. The number of carbonyl (C=O) groups is 2. The minimum atomic E-state index is -1.10. The summed E-state index contributed by atoms with van der Waals surface area (Å²) in [4.78, 5) is 23.7. The Morgan fingerprint density at radius 1 is 1.15 bits per heavy atom. The second-order valence-electron chi connectivity index (χ2n) is 7.54. The van der Waals surface area contributed by atoms with Crippen LogP contribution in [0.25, 0.3) is 0 Å². The number of amides is 1. The van der Waals surface area contributed by atoms with Crippen molar-refractivity contribution in [3.63, 3.8) is 0 Å². The van der Waals surface area contributed by atoms with Crippen LogP contribution in [0.5, 0.6) is 0 Å². The third-order valence-electron chi connectivity index (χ3n) is 4.59. The van der Waals surface area contributed by atoms with Gasteiger partial charge in [-0.15, -0.1) is 0 Å². The molecule has 1 aliphatic rings. The molecule has 0 saturated carbocycles. The van der Waals surface area contributed by atoms with Crippen LogP contribution < -0.4 is 5.43 Å². The van der Waals surface area contributed by atoms with Gasteiger partial charge in [-0.3, -0.25) is 4.79 Å². The summed E-state index contributed by atoms with van der Waals surface area (Å²) in [5, 5.41) is 13.6. The number of hydrazone groups is 1. The first-order chi connectivity index (χ1) is 12.2. The number of hydrogen-bond donors (Lipinski definition) is 2. The van der Waals surface area contributed by atoms with E-state index in [-0.39, 0.29) is 17.1 Å². The summed E-state index contributed by atoms with van der Waals surface area (Å²) in [5.74, 6) is -0.857. The van der Waals surface area contributed by atoms with Crippen molar-refractivity contribution in [3.8, 4) is 0 Å². The second-order valence-corrected chi connectivity index (χ2v) is 7.54. The zero-order valence-electron chi connectivity index (χ0n) is 15.3. The minimum Gasteiger partial charge on any atom is -0.475 e. The first-order valence-corrected chi connectivity index (χ1v) is 8.47. The van der Waals surface area contributed by atoms with E-state index in [9.17, 15) is 14.7 Å². The highest BCUT2D eigenvalue weighted by Crippen LogP contribution is 2.38. The molecule has 0 atom stereocenters. The van der Waals surface area contributed by atoms with E-state index < -0.39 is 5.97 Å². The van der Waals surface area contributed by atoms with Crippen LogP contribution in [-0.2, 0) is 6.42 Å². The van der Waals surface area contributed by atoms with Gasteiger partial charge in [-0.1, -0.05) is 31.5 Å². The van der Waals surface area contributed by atoms with Gasteiger partial charge in [-0.05, 0) is 37.8 Å². The highest BCUT2D eigenvalue weighted by molar-refractivity contribution is 6.07. The Labute approximate surface area is 151 Å². The molecule has 0 spiro atoms. The third-order valence-corrected chi connectivity index (χ3v) is 4.59. The smallest absolute Gasteiger partial charge is 0.372 e. The molecule has 2 N–H and O–H groups in total. The van der Waals surface area contributed by atoms with Gasteiger partial charge in [0.2, 0.25) is 5.76 Å². The summed E-state index contributed by atoms with van der Waals surface area (Å²) in [5.41, 5.74) is 5.94. The summed E-state index contributed by atoms with van der Waals surface area (Å²) in [7, 11) is 0. The molecule has 3 rings (SSSR count). The lowest BCUT2D eigenvalue weighted by molar-refractivity contribution is 0.0657. The van der Waals surface area contributed by atoms with E-state index >= 15 is 0 Å². The lowest BCUT2D eigenvalue weighted by Gasteiger charge is -2.29. The summed E-state index contributed by atoms with van der Waals surface area (Å²) in [6.07, 6.45) is 1.25. The Hall–Kier alpha value is -2.89. The van der Waals surface area contributed by atoms with Crippen molar-refractivity contribution in [1.29, 1.82) is 0 Å². The molecule has 1 heterocycles. The fourth-order valence-corrected chi connectivity index (χ4v) is 3.30. The number of aromatic carboxylic acids is 1. The Balaban J connectivity index is 1.94. The Bertz CT molecular complexity index is 905. The van der Waals surface area contributed by atoms with Crippen LogP contribution in [0.15, 0.2) is 33.8 Å². The maximum atomic E-state index is 12.3. The van der Waals surface area contributed by atoms with Crippen LogP contribution >= 0.6 is 0 Å². The molecule has 1 amide bonds. The number of aryl methyl sites for hydroxylation is 1. The van der Waals surface area contributed by atoms with Crippen molar-refractivity contribution in [2.75, 3.05) is 0 Å². The molecule has 0 aliphatic heterocycles. The molecular weight excluding hydrogens is 332 g/mol. The maximum Gasteiger partial charge on any atom is 0.372 e. The molecule has 2 aromatic rings. The number of rotatable bonds is 3. The van der Waals surface area contributed by atoms with E-state index in [2.05, 4.69) is 24.4 Å². The van der Waals surface area contributed by atoms with E-state index in [1.807, 2.05) is 19.1 Å². The number of benzene rings is 1. The predicted octanol–water partition coefficient (Wildman–Crippen LogP) is 3.70. The number of nitrogens with one attached hydrogen (secondary N) is 1. The van der Waals surface area contributed by atoms with Crippen molar-refractivity contribution in [1.82, 2.24) is 5.43 Å². The highest BCUT2D eigenvalue weighted by Gasteiger charge is 2.36. The Morgan fingerprint density at radius 3 is 2.42 bits per heavy atom. The van der Waals surface area contributed by atoms with Crippen molar-refractivity contribution >= 4 is 17.6 Å². The van der Waals surface area contributed by atoms with E-state index in [0.29, 0.717) is 41.0 Å². The van der Waals surface area contributed by atoms with Gasteiger partial charge < -0.3 is 9.52 Å². The molecule has 0 bridgehead atoms. The summed E-state index contributed by atoms with van der Waals surface area (Å²) >= 11 is 0. The van der Waals surface area contributed by atoms with Gasteiger partial charge in [0, 0.05) is 23.1 Å². The van der Waals surface area contributed by atoms with Crippen molar-refractivity contribution in [2.45, 2.75) is 40.5 Å². The van der Waals surface area contributed by atoms with Gasteiger partial charge in [0.15, 0.2) is 0 Å². The molecule has 6 nitrogen and oxygen atoms in total. The molecule has 0 saturated heterocycles. The van der Waals surface area contributed by atoms with Crippen molar-refractivity contribution in [2.24, 2.45) is 10.5 Å². The van der Waals surface area contributed by atoms with Gasteiger partial charge in [0.05, 0.1) is 5.71 Å². The fourth-order valence-electron chi connectivity index (χ4n) is 3.30. The van der Waals surface area contributed by atoms with E-state index in [4.69, 9.17) is 4.42 Å². The van der Waals surface area contributed by atoms with Crippen molar-refractivity contribution < 1.29 is 19.1 Å². The maximum absolute atomic E-state index is 12.3. The van der Waals surface area contributed by atoms with Gasteiger partial charge in [-0.25, -0.2) is 10.2 Å². The second kappa shape index (κ2) is 6.44.